The zero-order valence-corrected chi connectivity index (χ0v) is 20.0. The van der Waals surface area contributed by atoms with Crippen LogP contribution in [-0.4, -0.2) is 60.3 Å². The molecular weight excluding hydrogens is 479 g/mol. The number of nitrogens with zero attached hydrogens (tertiary/aromatic N) is 3. The number of fused-ring (bicyclic) bond motifs is 1. The number of nitrogens with one attached hydrogen (secondary N) is 1. The van der Waals surface area contributed by atoms with Crippen LogP contribution < -0.4 is 5.32 Å². The molecule has 0 saturated carbocycles. The van der Waals surface area contributed by atoms with Gasteiger partial charge in [-0.25, -0.2) is 0 Å². The number of aliphatic imine (C=N–C) groups is 1. The summed E-state index contributed by atoms with van der Waals surface area (Å²) in [7, 11) is 0. The predicted molar refractivity (Wildman–Crippen MR) is 127 cm³/mol. The van der Waals surface area contributed by atoms with Crippen LogP contribution in [0.25, 0.3) is 0 Å². The molecule has 0 aromatic heterocycles. The number of piperidine rings is 1. The standard InChI is InChI=1S/C22H32N4O2.HI/c1-4-23-22(25-14-16(2)13-17(3)15-25)24-11-7-8-12-26-20(27)18-9-5-6-10-19(18)21(26)28;/h5-6,9-10,16-17H,4,7-8,11-15H2,1-3H3,(H,23,24);1H. The number of carbonyl (C=O) groups is 2. The van der Waals surface area contributed by atoms with E-state index in [2.05, 4.69) is 31.0 Å². The maximum Gasteiger partial charge on any atom is 0.261 e. The highest BCUT2D eigenvalue weighted by molar-refractivity contribution is 14.0. The van der Waals surface area contributed by atoms with Crippen LogP contribution in [0.5, 0.6) is 0 Å². The van der Waals surface area contributed by atoms with Crippen molar-refractivity contribution in [2.45, 2.75) is 40.0 Å². The second kappa shape index (κ2) is 10.9. The summed E-state index contributed by atoms with van der Waals surface area (Å²) in [5.74, 6) is 2.01. The van der Waals surface area contributed by atoms with Crippen molar-refractivity contribution in [1.82, 2.24) is 15.1 Å². The number of unbranched alkanes of at least 4 members (excludes halogenated alkanes) is 1. The Morgan fingerprint density at radius 1 is 1.07 bits per heavy atom. The van der Waals surface area contributed by atoms with E-state index in [1.165, 1.54) is 11.3 Å². The van der Waals surface area contributed by atoms with Gasteiger partial charge in [0.25, 0.3) is 11.8 Å². The minimum Gasteiger partial charge on any atom is -0.357 e. The first-order valence-electron chi connectivity index (χ1n) is 10.5. The van der Waals surface area contributed by atoms with Gasteiger partial charge in [-0.05, 0) is 50.2 Å². The van der Waals surface area contributed by atoms with Crippen molar-refractivity contribution in [3.8, 4) is 0 Å². The number of hydrogen-bond acceptors (Lipinski definition) is 3. The molecule has 6 nitrogen and oxygen atoms in total. The van der Waals surface area contributed by atoms with E-state index in [0.717, 1.165) is 38.4 Å². The molecule has 0 radical (unpaired) electrons. The Balaban J connectivity index is 0.00000300. The first kappa shape index (κ1) is 23.6. The summed E-state index contributed by atoms with van der Waals surface area (Å²) in [6.45, 7) is 10.8. The Labute approximate surface area is 191 Å². The highest BCUT2D eigenvalue weighted by Gasteiger charge is 2.34. The third-order valence-electron chi connectivity index (χ3n) is 5.43. The van der Waals surface area contributed by atoms with Crippen LogP contribution >= 0.6 is 24.0 Å². The van der Waals surface area contributed by atoms with Gasteiger partial charge in [0.05, 0.1) is 11.1 Å². The van der Waals surface area contributed by atoms with Crippen LogP contribution in [0.4, 0.5) is 0 Å². The fraction of sp³-hybridized carbons (Fsp3) is 0.591. The highest BCUT2D eigenvalue weighted by atomic mass is 127. The number of halogens is 1. The van der Waals surface area contributed by atoms with Crippen molar-refractivity contribution in [1.29, 1.82) is 0 Å². The molecule has 1 saturated heterocycles. The van der Waals surface area contributed by atoms with Gasteiger partial charge in [0, 0.05) is 32.7 Å². The Morgan fingerprint density at radius 2 is 1.66 bits per heavy atom. The van der Waals surface area contributed by atoms with Crippen LogP contribution in [0.3, 0.4) is 0 Å². The molecule has 29 heavy (non-hydrogen) atoms. The van der Waals surface area contributed by atoms with Crippen LogP contribution in [-0.2, 0) is 0 Å². The van der Waals surface area contributed by atoms with Crippen molar-refractivity contribution in [3.63, 3.8) is 0 Å². The van der Waals surface area contributed by atoms with Crippen molar-refractivity contribution in [3.05, 3.63) is 35.4 Å². The number of rotatable bonds is 6. The van der Waals surface area contributed by atoms with E-state index in [0.29, 0.717) is 36.1 Å². The molecule has 160 valence electrons. The average Bonchev–Trinajstić information content (AvgIpc) is 2.91. The first-order valence-corrected chi connectivity index (χ1v) is 10.5. The lowest BCUT2D eigenvalue weighted by Crippen LogP contribution is -2.48. The van der Waals surface area contributed by atoms with E-state index in [1.54, 1.807) is 24.3 Å². The van der Waals surface area contributed by atoms with E-state index in [-0.39, 0.29) is 35.8 Å². The monoisotopic (exact) mass is 512 g/mol. The van der Waals surface area contributed by atoms with Gasteiger partial charge in [-0.2, -0.15) is 0 Å². The molecule has 0 bridgehead atoms. The number of amides is 2. The average molecular weight is 512 g/mol. The molecule has 1 aromatic carbocycles. The number of hydrogen-bond donors (Lipinski definition) is 1. The molecule has 1 fully saturated rings. The maximum absolute atomic E-state index is 12.4. The van der Waals surface area contributed by atoms with Crippen molar-refractivity contribution in [2.24, 2.45) is 16.8 Å². The smallest absolute Gasteiger partial charge is 0.261 e. The van der Waals surface area contributed by atoms with Crippen molar-refractivity contribution >= 4 is 41.8 Å². The number of carbonyl (C=O) groups excluding carboxylic acids is 2. The summed E-state index contributed by atoms with van der Waals surface area (Å²) in [5.41, 5.74) is 1.04. The van der Waals surface area contributed by atoms with E-state index >= 15 is 0 Å². The van der Waals surface area contributed by atoms with Gasteiger partial charge in [0.15, 0.2) is 5.96 Å². The Morgan fingerprint density at radius 3 is 2.21 bits per heavy atom. The maximum atomic E-state index is 12.4. The molecule has 1 N–H and O–H groups in total. The first-order chi connectivity index (χ1) is 13.5. The molecular formula is C22H33IN4O2. The molecule has 2 aliphatic rings. The lowest BCUT2D eigenvalue weighted by molar-refractivity contribution is 0.0652. The molecule has 0 aliphatic carbocycles. The van der Waals surface area contributed by atoms with Gasteiger partial charge in [-0.3, -0.25) is 19.5 Å². The van der Waals surface area contributed by atoms with Crippen LogP contribution in [0, 0.1) is 11.8 Å². The molecule has 7 heteroatoms. The van der Waals surface area contributed by atoms with Crippen molar-refractivity contribution < 1.29 is 9.59 Å². The summed E-state index contributed by atoms with van der Waals surface area (Å²) in [6.07, 6.45) is 2.89. The van der Waals surface area contributed by atoms with Gasteiger partial charge in [0.2, 0.25) is 0 Å². The Kier molecular flexibility index (Phi) is 8.92. The van der Waals surface area contributed by atoms with E-state index in [9.17, 15) is 9.59 Å². The number of likely N-dealkylation sites (tertiary alicyclic amines) is 1. The molecule has 3 rings (SSSR count). The normalized spacial score (nSPS) is 21.8. The second-order valence-electron chi connectivity index (χ2n) is 8.10. The van der Waals surface area contributed by atoms with Crippen molar-refractivity contribution in [2.75, 3.05) is 32.7 Å². The van der Waals surface area contributed by atoms with E-state index < -0.39 is 0 Å². The molecule has 2 amide bonds. The quantitative estimate of drug-likeness (QED) is 0.208. The van der Waals surface area contributed by atoms with Gasteiger partial charge in [-0.1, -0.05) is 26.0 Å². The minimum atomic E-state index is -0.172. The molecule has 2 aliphatic heterocycles. The molecule has 1 aromatic rings. The lowest BCUT2D eigenvalue weighted by Gasteiger charge is -2.37. The Hall–Kier alpha value is -1.64. The van der Waals surface area contributed by atoms with Gasteiger partial charge < -0.3 is 10.2 Å². The van der Waals surface area contributed by atoms with Gasteiger partial charge in [-0.15, -0.1) is 24.0 Å². The number of benzene rings is 1. The third kappa shape index (κ3) is 5.71. The zero-order chi connectivity index (χ0) is 20.1. The van der Waals surface area contributed by atoms with E-state index in [4.69, 9.17) is 4.99 Å². The Bertz CT molecular complexity index is 707. The summed E-state index contributed by atoms with van der Waals surface area (Å²) in [6, 6.07) is 7.05. The SMILES string of the molecule is CCNC(=NCCCCN1C(=O)c2ccccc2C1=O)N1CC(C)CC(C)C1.I. The fourth-order valence-electron chi connectivity index (χ4n) is 4.27. The third-order valence-corrected chi connectivity index (χ3v) is 5.43. The second-order valence-corrected chi connectivity index (χ2v) is 8.10. The predicted octanol–water partition coefficient (Wildman–Crippen LogP) is 3.62. The highest BCUT2D eigenvalue weighted by Crippen LogP contribution is 2.23. The summed E-state index contributed by atoms with van der Waals surface area (Å²) >= 11 is 0. The van der Waals surface area contributed by atoms with E-state index in [1.807, 2.05) is 0 Å². The minimum absolute atomic E-state index is 0. The largest absolute Gasteiger partial charge is 0.357 e. The van der Waals surface area contributed by atoms with Gasteiger partial charge in [0.1, 0.15) is 0 Å². The molecule has 2 heterocycles. The zero-order valence-electron chi connectivity index (χ0n) is 17.7. The van der Waals surface area contributed by atoms with Crippen LogP contribution in [0.2, 0.25) is 0 Å². The topological polar surface area (TPSA) is 65.0 Å². The molecule has 2 atom stereocenters. The number of imide groups is 1. The summed E-state index contributed by atoms with van der Waals surface area (Å²) < 4.78 is 0. The molecule has 0 spiro atoms. The van der Waals surface area contributed by atoms with Crippen LogP contribution in [0.15, 0.2) is 29.3 Å². The van der Waals surface area contributed by atoms with Gasteiger partial charge >= 0.3 is 0 Å². The lowest BCUT2D eigenvalue weighted by atomic mass is 9.92. The summed E-state index contributed by atoms with van der Waals surface area (Å²) in [5, 5.41) is 3.41. The summed E-state index contributed by atoms with van der Waals surface area (Å²) in [4.78, 5) is 33.3. The molecule has 2 unspecified atom stereocenters. The van der Waals surface area contributed by atoms with Crippen LogP contribution in [0.1, 0.15) is 60.7 Å². The fourth-order valence-corrected chi connectivity index (χ4v) is 4.27. The number of guanidine groups is 1.